The van der Waals surface area contributed by atoms with Crippen molar-refractivity contribution in [3.63, 3.8) is 0 Å². The predicted octanol–water partition coefficient (Wildman–Crippen LogP) is 1.71. The number of aliphatic hydroxyl groups excluding tert-OH is 1. The number of hydrogen-bond donors (Lipinski definition) is 3. The fraction of sp³-hybridized carbons (Fsp3) is 0.611. The van der Waals surface area contributed by atoms with Crippen LogP contribution in [0.3, 0.4) is 0 Å². The first kappa shape index (κ1) is 16.3. The van der Waals surface area contributed by atoms with Gasteiger partial charge in [0, 0.05) is 25.7 Å². The van der Waals surface area contributed by atoms with Gasteiger partial charge in [-0.3, -0.25) is 0 Å². The van der Waals surface area contributed by atoms with Crippen molar-refractivity contribution in [3.05, 3.63) is 35.9 Å². The van der Waals surface area contributed by atoms with Crippen molar-refractivity contribution in [2.24, 2.45) is 17.6 Å². The molecule has 5 heteroatoms. The van der Waals surface area contributed by atoms with Crippen LogP contribution in [-0.4, -0.2) is 41.3 Å². The molecule has 5 nitrogen and oxygen atoms in total. The van der Waals surface area contributed by atoms with E-state index in [-0.39, 0.29) is 18.2 Å². The Hall–Kier alpha value is -1.59. The smallest absolute Gasteiger partial charge is 0.314 e. The van der Waals surface area contributed by atoms with Crippen LogP contribution in [0.5, 0.6) is 0 Å². The molecule has 0 bridgehead atoms. The Bertz CT molecular complexity index is 518. The van der Waals surface area contributed by atoms with Crippen LogP contribution in [-0.2, 0) is 6.54 Å². The van der Waals surface area contributed by atoms with Gasteiger partial charge in [-0.2, -0.15) is 0 Å². The highest BCUT2D eigenvalue weighted by Gasteiger charge is 2.35. The van der Waals surface area contributed by atoms with E-state index in [4.69, 9.17) is 5.73 Å². The summed E-state index contributed by atoms with van der Waals surface area (Å²) in [6.07, 6.45) is 3.83. The monoisotopic (exact) mass is 317 g/mol. The molecule has 126 valence electrons. The number of likely N-dealkylation sites (tertiary alicyclic amines) is 1. The molecule has 1 saturated heterocycles. The Morgan fingerprint density at radius 1 is 1.30 bits per heavy atom. The van der Waals surface area contributed by atoms with Crippen molar-refractivity contribution in [2.45, 2.75) is 44.4 Å². The second-order valence-electron chi connectivity index (χ2n) is 7.05. The summed E-state index contributed by atoms with van der Waals surface area (Å²) in [5.41, 5.74) is 6.73. The van der Waals surface area contributed by atoms with Crippen LogP contribution in [0, 0.1) is 11.8 Å². The lowest BCUT2D eigenvalue weighted by Gasteiger charge is -2.38. The van der Waals surface area contributed by atoms with Gasteiger partial charge in [-0.1, -0.05) is 30.3 Å². The summed E-state index contributed by atoms with van der Waals surface area (Å²) < 4.78 is 0. The van der Waals surface area contributed by atoms with E-state index in [1.807, 2.05) is 18.2 Å². The second-order valence-corrected chi connectivity index (χ2v) is 7.05. The number of aliphatic hydroxyl groups is 1. The number of hydrogen-bond acceptors (Lipinski definition) is 3. The van der Waals surface area contributed by atoms with Crippen molar-refractivity contribution in [2.75, 3.05) is 13.1 Å². The summed E-state index contributed by atoms with van der Waals surface area (Å²) in [6, 6.07) is 10.1. The number of carbonyl (C=O) groups is 1. The number of benzene rings is 1. The minimum Gasteiger partial charge on any atom is -0.393 e. The molecular weight excluding hydrogens is 290 g/mol. The van der Waals surface area contributed by atoms with Gasteiger partial charge < -0.3 is 21.1 Å². The Balaban J connectivity index is 1.56. The van der Waals surface area contributed by atoms with Crippen molar-refractivity contribution in [3.8, 4) is 0 Å². The highest BCUT2D eigenvalue weighted by atomic mass is 16.3. The summed E-state index contributed by atoms with van der Waals surface area (Å²) in [4.78, 5) is 13.3. The third kappa shape index (κ3) is 4.69. The standard InChI is InChI=1S/C18H27N3O2/c19-18(23)21-11-14(9-17(22)15-6-7-15)8-16(12-21)20-10-13-4-2-1-3-5-13/h1-5,14-17,20,22H,6-12H2,(H2,19,23). The zero-order chi connectivity index (χ0) is 16.2. The maximum absolute atomic E-state index is 11.6. The van der Waals surface area contributed by atoms with Gasteiger partial charge in [0.2, 0.25) is 0 Å². The number of nitrogens with one attached hydrogen (secondary N) is 1. The lowest BCUT2D eigenvalue weighted by Crippen LogP contribution is -2.53. The molecule has 0 spiro atoms. The predicted molar refractivity (Wildman–Crippen MR) is 89.7 cm³/mol. The Morgan fingerprint density at radius 3 is 2.70 bits per heavy atom. The molecule has 23 heavy (non-hydrogen) atoms. The van der Waals surface area contributed by atoms with Gasteiger partial charge >= 0.3 is 6.03 Å². The second kappa shape index (κ2) is 7.32. The fourth-order valence-corrected chi connectivity index (χ4v) is 3.58. The van der Waals surface area contributed by atoms with Gasteiger partial charge in [-0.15, -0.1) is 0 Å². The van der Waals surface area contributed by atoms with E-state index in [0.717, 1.165) is 32.2 Å². The number of rotatable bonds is 6. The van der Waals surface area contributed by atoms with Crippen molar-refractivity contribution in [1.82, 2.24) is 10.2 Å². The Labute approximate surface area is 137 Å². The van der Waals surface area contributed by atoms with Crippen LogP contribution in [0.2, 0.25) is 0 Å². The summed E-state index contributed by atoms with van der Waals surface area (Å²) in [5.74, 6) is 0.801. The maximum Gasteiger partial charge on any atom is 0.314 e. The molecule has 2 fully saturated rings. The molecule has 1 saturated carbocycles. The minimum atomic E-state index is -0.359. The van der Waals surface area contributed by atoms with Crippen molar-refractivity contribution < 1.29 is 9.90 Å². The van der Waals surface area contributed by atoms with Crippen LogP contribution in [0.25, 0.3) is 0 Å². The topological polar surface area (TPSA) is 78.6 Å². The first-order valence-corrected chi connectivity index (χ1v) is 8.61. The molecule has 1 aromatic carbocycles. The van der Waals surface area contributed by atoms with Gasteiger partial charge in [0.05, 0.1) is 6.10 Å². The Morgan fingerprint density at radius 2 is 2.04 bits per heavy atom. The van der Waals surface area contributed by atoms with Gasteiger partial charge in [-0.25, -0.2) is 4.79 Å². The number of amides is 2. The lowest BCUT2D eigenvalue weighted by atomic mass is 9.88. The third-order valence-corrected chi connectivity index (χ3v) is 5.03. The van der Waals surface area contributed by atoms with Crippen LogP contribution in [0.15, 0.2) is 30.3 Å². The van der Waals surface area contributed by atoms with Crippen LogP contribution >= 0.6 is 0 Å². The number of piperidine rings is 1. The molecule has 1 aliphatic heterocycles. The molecule has 2 aliphatic rings. The molecule has 3 atom stereocenters. The molecule has 4 N–H and O–H groups in total. The van der Waals surface area contributed by atoms with E-state index < -0.39 is 0 Å². The van der Waals surface area contributed by atoms with Gasteiger partial charge in [0.25, 0.3) is 0 Å². The first-order valence-electron chi connectivity index (χ1n) is 8.61. The highest BCUT2D eigenvalue weighted by Crippen LogP contribution is 2.36. The van der Waals surface area contributed by atoms with E-state index in [2.05, 4.69) is 17.4 Å². The molecule has 1 aliphatic carbocycles. The number of nitrogens with two attached hydrogens (primary N) is 1. The van der Waals surface area contributed by atoms with Crippen molar-refractivity contribution in [1.29, 1.82) is 0 Å². The Kier molecular flexibility index (Phi) is 5.18. The average Bonchev–Trinajstić information content (AvgIpc) is 3.38. The van der Waals surface area contributed by atoms with E-state index in [0.29, 0.717) is 24.9 Å². The molecule has 1 aromatic rings. The molecule has 3 unspecified atom stereocenters. The SMILES string of the molecule is NC(=O)N1CC(CC(O)C2CC2)CC(NCc2ccccc2)C1. The van der Waals surface area contributed by atoms with E-state index in [9.17, 15) is 9.90 Å². The molecule has 3 rings (SSSR count). The summed E-state index contributed by atoms with van der Waals surface area (Å²) in [5, 5.41) is 13.7. The molecule has 0 aromatic heterocycles. The maximum atomic E-state index is 11.6. The quantitative estimate of drug-likeness (QED) is 0.747. The number of carbonyl (C=O) groups excluding carboxylic acids is 1. The molecule has 2 amide bonds. The summed E-state index contributed by atoms with van der Waals surface area (Å²) >= 11 is 0. The molecule has 0 radical (unpaired) electrons. The largest absolute Gasteiger partial charge is 0.393 e. The zero-order valence-electron chi connectivity index (χ0n) is 13.5. The average molecular weight is 317 g/mol. The summed E-state index contributed by atoms with van der Waals surface area (Å²) in [6.45, 7) is 2.11. The lowest BCUT2D eigenvalue weighted by molar-refractivity contribution is 0.0851. The van der Waals surface area contributed by atoms with Gasteiger partial charge in [-0.05, 0) is 43.1 Å². The number of primary amides is 1. The molecular formula is C18H27N3O2. The fourth-order valence-electron chi connectivity index (χ4n) is 3.58. The van der Waals surface area contributed by atoms with E-state index in [1.165, 1.54) is 5.56 Å². The van der Waals surface area contributed by atoms with E-state index >= 15 is 0 Å². The minimum absolute atomic E-state index is 0.220. The van der Waals surface area contributed by atoms with Gasteiger partial charge in [0.1, 0.15) is 0 Å². The van der Waals surface area contributed by atoms with Crippen LogP contribution in [0.4, 0.5) is 4.79 Å². The van der Waals surface area contributed by atoms with Crippen LogP contribution in [0.1, 0.15) is 31.2 Å². The van der Waals surface area contributed by atoms with E-state index in [1.54, 1.807) is 4.90 Å². The third-order valence-electron chi connectivity index (χ3n) is 5.03. The number of urea groups is 1. The van der Waals surface area contributed by atoms with Crippen molar-refractivity contribution >= 4 is 6.03 Å². The van der Waals surface area contributed by atoms with Gasteiger partial charge in [0.15, 0.2) is 0 Å². The zero-order valence-corrected chi connectivity index (χ0v) is 13.5. The highest BCUT2D eigenvalue weighted by molar-refractivity contribution is 5.72. The normalized spacial score (nSPS) is 26.0. The van der Waals surface area contributed by atoms with Crippen LogP contribution < -0.4 is 11.1 Å². The number of nitrogens with zero attached hydrogens (tertiary/aromatic N) is 1. The first-order chi connectivity index (χ1) is 11.1. The molecule has 1 heterocycles. The summed E-state index contributed by atoms with van der Waals surface area (Å²) in [7, 11) is 0.